The van der Waals surface area contributed by atoms with E-state index in [0.29, 0.717) is 28.9 Å². The van der Waals surface area contributed by atoms with Gasteiger partial charge >= 0.3 is 0 Å². The zero-order chi connectivity index (χ0) is 21.2. The number of benzene rings is 1. The molecule has 5 rings (SSSR count). The molecule has 9 heteroatoms. The minimum absolute atomic E-state index is 0.0480. The maximum atomic E-state index is 13.1. The number of aryl methyl sites for hydroxylation is 1. The Bertz CT molecular complexity index is 1080. The van der Waals surface area contributed by atoms with Gasteiger partial charge in [0.1, 0.15) is 10.7 Å². The molecule has 0 spiro atoms. The summed E-state index contributed by atoms with van der Waals surface area (Å²) >= 11 is 1.38. The number of fused-ring (bicyclic) bond motifs is 1. The van der Waals surface area contributed by atoms with E-state index in [1.807, 2.05) is 42.2 Å². The second kappa shape index (κ2) is 8.52. The number of nitrogens with one attached hydrogen (secondary N) is 1. The molecule has 0 bridgehead atoms. The minimum atomic E-state index is 0.0480. The van der Waals surface area contributed by atoms with E-state index in [4.69, 9.17) is 9.47 Å². The molecule has 3 aromatic rings. The Hall–Kier alpha value is -3.17. The molecular formula is C22H23N5O3S. The van der Waals surface area contributed by atoms with Crippen molar-refractivity contribution in [2.24, 2.45) is 0 Å². The van der Waals surface area contributed by atoms with Crippen LogP contribution in [0.25, 0.3) is 0 Å². The van der Waals surface area contributed by atoms with Gasteiger partial charge in [-0.25, -0.2) is 9.97 Å². The van der Waals surface area contributed by atoms with E-state index in [2.05, 4.69) is 26.3 Å². The molecular weight excluding hydrogens is 414 g/mol. The van der Waals surface area contributed by atoms with Crippen LogP contribution in [0.2, 0.25) is 0 Å². The SMILES string of the molecule is Cc1nc(Nc2ccccn2)sc1C(=O)N1CCN(Cc2ccc3c(c2)OCO3)CC1. The molecule has 1 aromatic carbocycles. The van der Waals surface area contributed by atoms with Crippen molar-refractivity contribution in [2.45, 2.75) is 13.5 Å². The number of ether oxygens (including phenoxy) is 2. The highest BCUT2D eigenvalue weighted by Gasteiger charge is 2.26. The van der Waals surface area contributed by atoms with Crippen LogP contribution >= 0.6 is 11.3 Å². The van der Waals surface area contributed by atoms with Crippen LogP contribution in [-0.2, 0) is 6.54 Å². The summed E-state index contributed by atoms with van der Waals surface area (Å²) in [6.45, 7) is 6.05. The van der Waals surface area contributed by atoms with Crippen molar-refractivity contribution in [3.8, 4) is 11.5 Å². The van der Waals surface area contributed by atoms with E-state index in [9.17, 15) is 4.79 Å². The number of carbonyl (C=O) groups is 1. The van der Waals surface area contributed by atoms with E-state index in [0.717, 1.165) is 36.8 Å². The highest BCUT2D eigenvalue weighted by Crippen LogP contribution is 2.33. The Kier molecular flexibility index (Phi) is 5.44. The van der Waals surface area contributed by atoms with Crippen molar-refractivity contribution in [1.29, 1.82) is 0 Å². The summed E-state index contributed by atoms with van der Waals surface area (Å²) in [5.41, 5.74) is 1.93. The standard InChI is InChI=1S/C22H23N5O3S/c1-15-20(31-22(24-15)25-19-4-2-3-7-23-19)21(28)27-10-8-26(9-11-27)13-16-5-6-17-18(12-16)30-14-29-17/h2-7,12H,8-11,13-14H2,1H3,(H,23,24,25). The summed E-state index contributed by atoms with van der Waals surface area (Å²) in [5.74, 6) is 2.37. The van der Waals surface area contributed by atoms with Crippen LogP contribution in [0.4, 0.5) is 10.9 Å². The monoisotopic (exact) mass is 437 g/mol. The van der Waals surface area contributed by atoms with E-state index < -0.39 is 0 Å². The number of thiazole rings is 1. The first-order valence-corrected chi connectivity index (χ1v) is 11.0. The van der Waals surface area contributed by atoms with E-state index in [-0.39, 0.29) is 12.7 Å². The van der Waals surface area contributed by atoms with Crippen molar-refractivity contribution in [3.05, 3.63) is 58.7 Å². The lowest BCUT2D eigenvalue weighted by atomic mass is 10.1. The number of hydrogen-bond donors (Lipinski definition) is 1. The number of hydrogen-bond acceptors (Lipinski definition) is 8. The third kappa shape index (κ3) is 4.33. The summed E-state index contributed by atoms with van der Waals surface area (Å²) in [7, 11) is 0. The Labute approximate surface area is 184 Å². The number of nitrogens with zero attached hydrogens (tertiary/aromatic N) is 4. The fraction of sp³-hybridized carbons (Fsp3) is 0.318. The largest absolute Gasteiger partial charge is 0.454 e. The highest BCUT2D eigenvalue weighted by atomic mass is 32.1. The van der Waals surface area contributed by atoms with Gasteiger partial charge in [0.15, 0.2) is 16.6 Å². The van der Waals surface area contributed by atoms with E-state index in [1.165, 1.54) is 16.9 Å². The number of pyridine rings is 1. The molecule has 160 valence electrons. The van der Waals surface area contributed by atoms with Gasteiger partial charge in [-0.15, -0.1) is 0 Å². The molecule has 0 aliphatic carbocycles. The van der Waals surface area contributed by atoms with Gasteiger partial charge in [0.05, 0.1) is 5.69 Å². The first-order chi connectivity index (χ1) is 15.2. The van der Waals surface area contributed by atoms with Crippen molar-refractivity contribution >= 4 is 28.2 Å². The molecule has 2 aromatic heterocycles. The van der Waals surface area contributed by atoms with Crippen molar-refractivity contribution in [3.63, 3.8) is 0 Å². The van der Waals surface area contributed by atoms with Crippen LogP contribution in [0.1, 0.15) is 20.9 Å². The molecule has 1 N–H and O–H groups in total. The number of piperazine rings is 1. The van der Waals surface area contributed by atoms with Gasteiger partial charge in [-0.2, -0.15) is 0 Å². The van der Waals surface area contributed by atoms with Gasteiger partial charge in [0, 0.05) is 38.9 Å². The number of aromatic nitrogens is 2. The predicted octanol–water partition coefficient (Wildman–Crippen LogP) is 3.28. The van der Waals surface area contributed by atoms with Crippen LogP contribution in [0.3, 0.4) is 0 Å². The van der Waals surface area contributed by atoms with Gasteiger partial charge in [0.25, 0.3) is 5.91 Å². The predicted molar refractivity (Wildman–Crippen MR) is 118 cm³/mol. The maximum Gasteiger partial charge on any atom is 0.266 e. The third-order valence-electron chi connectivity index (χ3n) is 5.39. The van der Waals surface area contributed by atoms with Gasteiger partial charge < -0.3 is 19.7 Å². The van der Waals surface area contributed by atoms with Crippen molar-refractivity contribution in [2.75, 3.05) is 38.3 Å². The maximum absolute atomic E-state index is 13.1. The van der Waals surface area contributed by atoms with Crippen LogP contribution in [0.5, 0.6) is 11.5 Å². The van der Waals surface area contributed by atoms with Gasteiger partial charge in [-0.1, -0.05) is 23.5 Å². The number of carbonyl (C=O) groups excluding carboxylic acids is 1. The summed E-state index contributed by atoms with van der Waals surface area (Å²) in [6.07, 6.45) is 1.72. The lowest BCUT2D eigenvalue weighted by Crippen LogP contribution is -2.48. The number of rotatable bonds is 5. The van der Waals surface area contributed by atoms with E-state index in [1.54, 1.807) is 6.20 Å². The third-order valence-corrected chi connectivity index (χ3v) is 6.45. The molecule has 1 saturated heterocycles. The van der Waals surface area contributed by atoms with E-state index >= 15 is 0 Å². The Morgan fingerprint density at radius 2 is 1.97 bits per heavy atom. The second-order valence-electron chi connectivity index (χ2n) is 7.53. The molecule has 0 saturated carbocycles. The van der Waals surface area contributed by atoms with Crippen molar-refractivity contribution in [1.82, 2.24) is 19.8 Å². The topological polar surface area (TPSA) is 79.8 Å². The summed E-state index contributed by atoms with van der Waals surface area (Å²) in [4.78, 5) is 26.8. The lowest BCUT2D eigenvalue weighted by Gasteiger charge is -2.34. The molecule has 8 nitrogen and oxygen atoms in total. The Balaban J connectivity index is 1.18. The molecule has 0 atom stereocenters. The van der Waals surface area contributed by atoms with Crippen LogP contribution in [-0.4, -0.2) is 58.6 Å². The highest BCUT2D eigenvalue weighted by molar-refractivity contribution is 7.17. The molecule has 1 amide bonds. The average Bonchev–Trinajstić information content (AvgIpc) is 3.40. The molecule has 1 fully saturated rings. The molecule has 2 aliphatic heterocycles. The summed E-state index contributed by atoms with van der Waals surface area (Å²) < 4.78 is 10.8. The summed E-state index contributed by atoms with van der Waals surface area (Å²) in [5, 5.41) is 3.85. The zero-order valence-corrected chi connectivity index (χ0v) is 18.0. The first kappa shape index (κ1) is 19.8. The molecule has 2 aliphatic rings. The Morgan fingerprint density at radius 1 is 1.13 bits per heavy atom. The van der Waals surface area contributed by atoms with Crippen molar-refractivity contribution < 1.29 is 14.3 Å². The minimum Gasteiger partial charge on any atom is -0.454 e. The van der Waals surface area contributed by atoms with Crippen LogP contribution < -0.4 is 14.8 Å². The second-order valence-corrected chi connectivity index (χ2v) is 8.53. The first-order valence-electron chi connectivity index (χ1n) is 10.2. The van der Waals surface area contributed by atoms with Crippen LogP contribution in [0, 0.1) is 6.92 Å². The van der Waals surface area contributed by atoms with Gasteiger partial charge in [-0.3, -0.25) is 9.69 Å². The number of anilines is 2. The van der Waals surface area contributed by atoms with Crippen LogP contribution in [0.15, 0.2) is 42.6 Å². The number of amides is 1. The smallest absolute Gasteiger partial charge is 0.266 e. The lowest BCUT2D eigenvalue weighted by molar-refractivity contribution is 0.0632. The molecule has 0 radical (unpaired) electrons. The molecule has 0 unspecified atom stereocenters. The van der Waals surface area contributed by atoms with Gasteiger partial charge in [-0.05, 0) is 36.8 Å². The molecule has 31 heavy (non-hydrogen) atoms. The average molecular weight is 438 g/mol. The summed E-state index contributed by atoms with van der Waals surface area (Å²) in [6, 6.07) is 11.7. The quantitative estimate of drug-likeness (QED) is 0.656. The fourth-order valence-corrected chi connectivity index (χ4v) is 4.69. The molecule has 4 heterocycles. The van der Waals surface area contributed by atoms with Gasteiger partial charge in [0.2, 0.25) is 6.79 Å². The Morgan fingerprint density at radius 3 is 2.77 bits per heavy atom. The zero-order valence-electron chi connectivity index (χ0n) is 17.2. The fourth-order valence-electron chi connectivity index (χ4n) is 3.74. The normalized spacial score (nSPS) is 15.8.